The van der Waals surface area contributed by atoms with E-state index in [4.69, 9.17) is 0 Å². The van der Waals surface area contributed by atoms with E-state index >= 15 is 0 Å². The van der Waals surface area contributed by atoms with Crippen molar-refractivity contribution < 1.29 is 4.79 Å². The Kier molecular flexibility index (Phi) is 4.97. The van der Waals surface area contributed by atoms with Crippen LogP contribution in [0.3, 0.4) is 0 Å². The summed E-state index contributed by atoms with van der Waals surface area (Å²) in [5, 5.41) is 3.21. The Hall–Kier alpha value is -1.35. The molecule has 1 atom stereocenters. The monoisotopic (exact) mass is 260 g/mol. The van der Waals surface area contributed by atoms with Crippen molar-refractivity contribution in [1.29, 1.82) is 0 Å². The summed E-state index contributed by atoms with van der Waals surface area (Å²) >= 11 is 0. The quantitative estimate of drug-likeness (QED) is 0.825. The van der Waals surface area contributed by atoms with Crippen molar-refractivity contribution in [2.75, 3.05) is 20.1 Å². The molecule has 0 aliphatic heterocycles. The topological polar surface area (TPSA) is 32.3 Å². The van der Waals surface area contributed by atoms with Gasteiger partial charge in [0.2, 0.25) is 5.91 Å². The van der Waals surface area contributed by atoms with Crippen LogP contribution in [0.1, 0.15) is 43.4 Å². The van der Waals surface area contributed by atoms with Crippen molar-refractivity contribution in [1.82, 2.24) is 10.2 Å². The molecule has 1 aromatic carbocycles. The fourth-order valence-electron chi connectivity index (χ4n) is 2.85. The first-order valence-electron chi connectivity index (χ1n) is 7.28. The highest BCUT2D eigenvalue weighted by Gasteiger charge is 2.25. The van der Waals surface area contributed by atoms with Crippen LogP contribution in [0.2, 0.25) is 0 Å². The summed E-state index contributed by atoms with van der Waals surface area (Å²) in [4.78, 5) is 14.2. The zero-order valence-electron chi connectivity index (χ0n) is 12.0. The molecule has 1 aliphatic carbocycles. The van der Waals surface area contributed by atoms with Crippen LogP contribution in [0.5, 0.6) is 0 Å². The molecular formula is C16H24N2O. The summed E-state index contributed by atoms with van der Waals surface area (Å²) in [6.45, 7) is 3.75. The van der Waals surface area contributed by atoms with Gasteiger partial charge in [-0.1, -0.05) is 31.2 Å². The van der Waals surface area contributed by atoms with Crippen molar-refractivity contribution in [3.8, 4) is 0 Å². The average molecular weight is 260 g/mol. The third-order valence-corrected chi connectivity index (χ3v) is 3.96. The standard InChI is InChI=1S/C16H24N2O/c1-3-17-12-11-16(19)18(2)15-10-6-8-13-7-4-5-9-14(13)15/h4-5,7,9,15,17H,3,6,8,10-12H2,1-2H3. The molecule has 2 rings (SSSR count). The van der Waals surface area contributed by atoms with Crippen LogP contribution in [0.25, 0.3) is 0 Å². The van der Waals surface area contributed by atoms with E-state index in [2.05, 4.69) is 36.5 Å². The first-order valence-corrected chi connectivity index (χ1v) is 7.28. The highest BCUT2D eigenvalue weighted by atomic mass is 16.2. The highest BCUT2D eigenvalue weighted by molar-refractivity contribution is 5.76. The fraction of sp³-hybridized carbons (Fsp3) is 0.562. The second kappa shape index (κ2) is 6.71. The molecule has 0 radical (unpaired) electrons. The zero-order valence-corrected chi connectivity index (χ0v) is 12.0. The van der Waals surface area contributed by atoms with Gasteiger partial charge in [-0.3, -0.25) is 4.79 Å². The van der Waals surface area contributed by atoms with Gasteiger partial charge in [0.15, 0.2) is 0 Å². The molecule has 0 bridgehead atoms. The van der Waals surface area contributed by atoms with Gasteiger partial charge in [0.05, 0.1) is 6.04 Å². The number of fused-ring (bicyclic) bond motifs is 1. The lowest BCUT2D eigenvalue weighted by Gasteiger charge is -2.33. The predicted octanol–water partition coefficient (Wildman–Crippen LogP) is 2.52. The highest BCUT2D eigenvalue weighted by Crippen LogP contribution is 2.33. The molecule has 0 saturated heterocycles. The molecule has 0 aromatic heterocycles. The number of aryl methyl sites for hydroxylation is 1. The Morgan fingerprint density at radius 2 is 2.21 bits per heavy atom. The Morgan fingerprint density at radius 1 is 1.42 bits per heavy atom. The lowest BCUT2D eigenvalue weighted by Crippen LogP contribution is -2.35. The van der Waals surface area contributed by atoms with E-state index in [1.165, 1.54) is 17.5 Å². The summed E-state index contributed by atoms with van der Waals surface area (Å²) in [5.74, 6) is 0.239. The van der Waals surface area contributed by atoms with Gasteiger partial charge >= 0.3 is 0 Å². The number of rotatable bonds is 5. The van der Waals surface area contributed by atoms with Crippen molar-refractivity contribution in [3.63, 3.8) is 0 Å². The van der Waals surface area contributed by atoms with Crippen LogP contribution in [0, 0.1) is 0 Å². The SMILES string of the molecule is CCNCCC(=O)N(C)C1CCCc2ccccc21. The number of carbonyl (C=O) groups is 1. The molecule has 1 N–H and O–H groups in total. The first kappa shape index (κ1) is 14.1. The van der Waals surface area contributed by atoms with Crippen molar-refractivity contribution in [2.45, 2.75) is 38.6 Å². The van der Waals surface area contributed by atoms with Crippen LogP contribution in [0.15, 0.2) is 24.3 Å². The summed E-state index contributed by atoms with van der Waals surface area (Å²) < 4.78 is 0. The van der Waals surface area contributed by atoms with Crippen molar-refractivity contribution in [2.24, 2.45) is 0 Å². The number of hydrogen-bond donors (Lipinski definition) is 1. The molecule has 3 heteroatoms. The molecule has 1 unspecified atom stereocenters. The summed E-state index contributed by atoms with van der Waals surface area (Å²) in [7, 11) is 1.95. The van der Waals surface area contributed by atoms with Gasteiger partial charge in [0, 0.05) is 20.0 Å². The number of benzene rings is 1. The van der Waals surface area contributed by atoms with Gasteiger partial charge < -0.3 is 10.2 Å². The van der Waals surface area contributed by atoms with E-state index in [0.717, 1.165) is 25.9 Å². The predicted molar refractivity (Wildman–Crippen MR) is 78.1 cm³/mol. The van der Waals surface area contributed by atoms with Crippen molar-refractivity contribution >= 4 is 5.91 Å². The molecule has 1 aromatic rings. The third-order valence-electron chi connectivity index (χ3n) is 3.96. The van der Waals surface area contributed by atoms with Crippen LogP contribution >= 0.6 is 0 Å². The number of nitrogens with zero attached hydrogens (tertiary/aromatic N) is 1. The molecule has 0 fully saturated rings. The maximum Gasteiger partial charge on any atom is 0.224 e. The Bertz CT molecular complexity index is 431. The summed E-state index contributed by atoms with van der Waals surface area (Å²) in [6, 6.07) is 8.80. The van der Waals surface area contributed by atoms with E-state index in [0.29, 0.717) is 6.42 Å². The average Bonchev–Trinajstić information content (AvgIpc) is 2.46. The minimum atomic E-state index is 0.239. The second-order valence-corrected chi connectivity index (χ2v) is 5.22. The Morgan fingerprint density at radius 3 is 3.00 bits per heavy atom. The molecule has 0 heterocycles. The first-order chi connectivity index (χ1) is 9.24. The smallest absolute Gasteiger partial charge is 0.224 e. The maximum absolute atomic E-state index is 12.2. The lowest BCUT2D eigenvalue weighted by atomic mass is 9.87. The fourth-order valence-corrected chi connectivity index (χ4v) is 2.85. The summed E-state index contributed by atoms with van der Waals surface area (Å²) in [5.41, 5.74) is 2.75. The van der Waals surface area contributed by atoms with Crippen LogP contribution in [-0.4, -0.2) is 30.9 Å². The molecule has 104 valence electrons. The van der Waals surface area contributed by atoms with Gasteiger partial charge in [-0.2, -0.15) is 0 Å². The molecular weight excluding hydrogens is 236 g/mol. The third kappa shape index (κ3) is 3.35. The van der Waals surface area contributed by atoms with Gasteiger partial charge in [0.25, 0.3) is 0 Å². The van der Waals surface area contributed by atoms with Crippen molar-refractivity contribution in [3.05, 3.63) is 35.4 Å². The number of amides is 1. The molecule has 0 saturated carbocycles. The van der Waals surface area contributed by atoms with Gasteiger partial charge in [-0.15, -0.1) is 0 Å². The van der Waals surface area contributed by atoms with E-state index in [-0.39, 0.29) is 11.9 Å². The zero-order chi connectivity index (χ0) is 13.7. The Balaban J connectivity index is 2.04. The van der Waals surface area contributed by atoms with E-state index in [1.54, 1.807) is 0 Å². The van der Waals surface area contributed by atoms with Crippen LogP contribution < -0.4 is 5.32 Å². The number of hydrogen-bond acceptors (Lipinski definition) is 2. The Labute approximate surface area is 116 Å². The van der Waals surface area contributed by atoms with E-state index in [9.17, 15) is 4.79 Å². The van der Waals surface area contributed by atoms with Gasteiger partial charge in [-0.25, -0.2) is 0 Å². The van der Waals surface area contributed by atoms with Gasteiger partial charge in [-0.05, 0) is 36.9 Å². The minimum Gasteiger partial charge on any atom is -0.339 e. The van der Waals surface area contributed by atoms with Crippen LogP contribution in [0.4, 0.5) is 0 Å². The minimum absolute atomic E-state index is 0.239. The van der Waals surface area contributed by atoms with E-state index < -0.39 is 0 Å². The van der Waals surface area contributed by atoms with Crippen LogP contribution in [-0.2, 0) is 11.2 Å². The number of carbonyl (C=O) groups excluding carboxylic acids is 1. The number of nitrogens with one attached hydrogen (secondary N) is 1. The van der Waals surface area contributed by atoms with Gasteiger partial charge in [0.1, 0.15) is 0 Å². The second-order valence-electron chi connectivity index (χ2n) is 5.22. The molecule has 19 heavy (non-hydrogen) atoms. The molecule has 1 amide bonds. The molecule has 1 aliphatic rings. The summed E-state index contributed by atoms with van der Waals surface area (Å²) in [6.07, 6.45) is 3.99. The largest absolute Gasteiger partial charge is 0.339 e. The molecule has 0 spiro atoms. The normalized spacial score (nSPS) is 17.9. The lowest BCUT2D eigenvalue weighted by molar-refractivity contribution is -0.132. The maximum atomic E-state index is 12.2. The van der Waals surface area contributed by atoms with E-state index in [1.807, 2.05) is 11.9 Å². The molecule has 3 nitrogen and oxygen atoms in total.